The third-order valence-corrected chi connectivity index (χ3v) is 3.63. The summed E-state index contributed by atoms with van der Waals surface area (Å²) in [6, 6.07) is 6.30. The van der Waals surface area contributed by atoms with Gasteiger partial charge in [-0.1, -0.05) is 68.7 Å². The van der Waals surface area contributed by atoms with E-state index in [4.69, 9.17) is 0 Å². The van der Waals surface area contributed by atoms with Crippen LogP contribution in [0.5, 0.6) is 0 Å². The van der Waals surface area contributed by atoms with Crippen molar-refractivity contribution < 1.29 is 0 Å². The largest absolute Gasteiger partial charge is 0.0984 e. The quantitative estimate of drug-likeness (QED) is 0.698. The van der Waals surface area contributed by atoms with Gasteiger partial charge in [-0.2, -0.15) is 0 Å². The minimum Gasteiger partial charge on any atom is -0.0984 e. The predicted molar refractivity (Wildman–Crippen MR) is 79.2 cm³/mol. The minimum absolute atomic E-state index is 0.480. The first-order valence-electron chi connectivity index (χ1n) is 6.28. The van der Waals surface area contributed by atoms with Gasteiger partial charge in [-0.15, -0.1) is 0 Å². The molecule has 0 fully saturated rings. The Morgan fingerprint density at radius 1 is 1.11 bits per heavy atom. The van der Waals surface area contributed by atoms with Gasteiger partial charge in [-0.3, -0.25) is 0 Å². The van der Waals surface area contributed by atoms with Crippen molar-refractivity contribution in [2.24, 2.45) is 5.92 Å². The highest BCUT2D eigenvalue weighted by Crippen LogP contribution is 2.32. The van der Waals surface area contributed by atoms with Gasteiger partial charge < -0.3 is 0 Å². The molecule has 3 rings (SSSR count). The molecule has 0 saturated heterocycles. The van der Waals surface area contributed by atoms with E-state index in [2.05, 4.69) is 62.6 Å². The van der Waals surface area contributed by atoms with Crippen LogP contribution in [-0.4, -0.2) is 0 Å². The lowest BCUT2D eigenvalue weighted by Gasteiger charge is -2.00. The first-order chi connectivity index (χ1) is 8.72. The second kappa shape index (κ2) is 3.99. The predicted octanol–water partition coefficient (Wildman–Crippen LogP) is 2.96. The highest BCUT2D eigenvalue weighted by molar-refractivity contribution is 5.98. The maximum atomic E-state index is 4.14. The smallest absolute Gasteiger partial charge is 0.00325 e. The fourth-order valence-corrected chi connectivity index (χ4v) is 2.70. The molecule has 2 aliphatic rings. The van der Waals surface area contributed by atoms with Gasteiger partial charge in [0, 0.05) is 0 Å². The second-order valence-corrected chi connectivity index (χ2v) is 4.86. The molecule has 0 radical (unpaired) electrons. The molecule has 1 aromatic carbocycles. The van der Waals surface area contributed by atoms with E-state index in [1.165, 1.54) is 27.5 Å². The number of fused-ring (bicyclic) bond motifs is 2. The Kier molecular flexibility index (Phi) is 2.45. The molecule has 0 N–H and O–H groups in total. The number of hydrogen-bond acceptors (Lipinski definition) is 0. The summed E-state index contributed by atoms with van der Waals surface area (Å²) in [5.41, 5.74) is 5.06. The molecule has 1 atom stereocenters. The van der Waals surface area contributed by atoms with E-state index in [1.807, 2.05) is 6.08 Å². The molecule has 0 heterocycles. The molecule has 0 aliphatic heterocycles. The van der Waals surface area contributed by atoms with Gasteiger partial charge in [0.25, 0.3) is 0 Å². The maximum absolute atomic E-state index is 4.14. The molecule has 0 heteroatoms. The average molecular weight is 232 g/mol. The van der Waals surface area contributed by atoms with E-state index >= 15 is 0 Å². The Hall–Kier alpha value is -2.08. The number of hydrogen-bond donors (Lipinski definition) is 0. The van der Waals surface area contributed by atoms with Crippen LogP contribution < -0.4 is 10.4 Å². The van der Waals surface area contributed by atoms with Gasteiger partial charge in [0.05, 0.1) is 0 Å². The summed E-state index contributed by atoms with van der Waals surface area (Å²) >= 11 is 0. The summed E-state index contributed by atoms with van der Waals surface area (Å²) in [5, 5.41) is 2.31. The number of allylic oxidation sites excluding steroid dienone is 7. The first-order valence-corrected chi connectivity index (χ1v) is 6.28. The van der Waals surface area contributed by atoms with E-state index in [0.717, 1.165) is 5.22 Å². The molecule has 2 aliphatic carbocycles. The first kappa shape index (κ1) is 11.0. The number of rotatable bonds is 1. The Morgan fingerprint density at radius 2 is 1.83 bits per heavy atom. The molecule has 0 amide bonds. The monoisotopic (exact) mass is 232 g/mol. The summed E-state index contributed by atoms with van der Waals surface area (Å²) in [7, 11) is 0. The zero-order valence-electron chi connectivity index (χ0n) is 10.6. The van der Waals surface area contributed by atoms with E-state index in [9.17, 15) is 0 Å². The van der Waals surface area contributed by atoms with Crippen LogP contribution in [0.2, 0.25) is 0 Å². The van der Waals surface area contributed by atoms with Crippen molar-refractivity contribution >= 4 is 17.7 Å². The molecule has 0 spiro atoms. The SMILES string of the molecule is C=CC1=c2c(cccc2=C)C2=C1C=CC(C)C=C2. The third-order valence-electron chi connectivity index (χ3n) is 3.63. The summed E-state index contributed by atoms with van der Waals surface area (Å²) in [6.07, 6.45) is 10.9. The lowest BCUT2D eigenvalue weighted by Crippen LogP contribution is -2.26. The van der Waals surface area contributed by atoms with Crippen LogP contribution in [0.1, 0.15) is 12.5 Å². The molecule has 0 bridgehead atoms. The van der Waals surface area contributed by atoms with Crippen molar-refractivity contribution in [1.29, 1.82) is 0 Å². The summed E-state index contributed by atoms with van der Waals surface area (Å²) in [6.45, 7) is 10.3. The Labute approximate surface area is 108 Å². The average Bonchev–Trinajstić information content (AvgIpc) is 2.55. The lowest BCUT2D eigenvalue weighted by atomic mass is 10.0. The summed E-state index contributed by atoms with van der Waals surface area (Å²) in [5.74, 6) is 0.480. The van der Waals surface area contributed by atoms with Crippen LogP contribution in [0.4, 0.5) is 0 Å². The third kappa shape index (κ3) is 1.46. The maximum Gasteiger partial charge on any atom is -0.00325 e. The zero-order valence-corrected chi connectivity index (χ0v) is 10.6. The van der Waals surface area contributed by atoms with Crippen LogP contribution in [0.25, 0.3) is 17.7 Å². The topological polar surface area (TPSA) is 0 Å². The van der Waals surface area contributed by atoms with E-state index in [0.29, 0.717) is 5.92 Å². The van der Waals surface area contributed by atoms with Crippen LogP contribution in [0.15, 0.2) is 60.7 Å². The van der Waals surface area contributed by atoms with Crippen LogP contribution >= 0.6 is 0 Å². The van der Waals surface area contributed by atoms with Crippen molar-refractivity contribution in [2.75, 3.05) is 0 Å². The Bertz CT molecular complexity index is 724. The summed E-state index contributed by atoms with van der Waals surface area (Å²) < 4.78 is 0. The minimum atomic E-state index is 0.480. The van der Waals surface area contributed by atoms with Crippen LogP contribution in [-0.2, 0) is 0 Å². The molecule has 88 valence electrons. The van der Waals surface area contributed by atoms with Crippen molar-refractivity contribution in [3.63, 3.8) is 0 Å². The zero-order chi connectivity index (χ0) is 12.7. The van der Waals surface area contributed by atoms with Gasteiger partial charge in [0.2, 0.25) is 0 Å². The fraction of sp³-hybridized carbons (Fsp3) is 0.111. The Balaban J connectivity index is 2.40. The van der Waals surface area contributed by atoms with Gasteiger partial charge in [-0.25, -0.2) is 0 Å². The van der Waals surface area contributed by atoms with Gasteiger partial charge in [0.1, 0.15) is 0 Å². The lowest BCUT2D eigenvalue weighted by molar-refractivity contribution is 0.942. The number of benzene rings is 1. The van der Waals surface area contributed by atoms with Crippen LogP contribution in [0.3, 0.4) is 0 Å². The molecular formula is C18H16. The van der Waals surface area contributed by atoms with E-state index < -0.39 is 0 Å². The van der Waals surface area contributed by atoms with Crippen molar-refractivity contribution in [3.8, 4) is 0 Å². The van der Waals surface area contributed by atoms with Gasteiger partial charge in [0.15, 0.2) is 0 Å². The molecule has 0 nitrogen and oxygen atoms in total. The van der Waals surface area contributed by atoms with E-state index in [-0.39, 0.29) is 0 Å². The highest BCUT2D eigenvalue weighted by atomic mass is 14.2. The van der Waals surface area contributed by atoms with Crippen molar-refractivity contribution in [1.82, 2.24) is 0 Å². The van der Waals surface area contributed by atoms with Crippen molar-refractivity contribution in [3.05, 3.63) is 76.7 Å². The molecule has 0 aromatic heterocycles. The molecule has 0 saturated carbocycles. The second-order valence-electron chi connectivity index (χ2n) is 4.86. The standard InChI is InChI=1S/C18H16/c1-4-14-15-10-8-12(2)9-11-16(15)17-7-5-6-13(3)18(14)17/h4-12H,1,3H2,2H3. The normalized spacial score (nSPS) is 20.7. The summed E-state index contributed by atoms with van der Waals surface area (Å²) in [4.78, 5) is 0. The fourth-order valence-electron chi connectivity index (χ4n) is 2.70. The molecule has 1 aromatic rings. The van der Waals surface area contributed by atoms with Crippen molar-refractivity contribution in [2.45, 2.75) is 6.92 Å². The molecule has 18 heavy (non-hydrogen) atoms. The van der Waals surface area contributed by atoms with E-state index in [1.54, 1.807) is 0 Å². The Morgan fingerprint density at radius 3 is 2.56 bits per heavy atom. The molecular weight excluding hydrogens is 216 g/mol. The highest BCUT2D eigenvalue weighted by Gasteiger charge is 2.19. The van der Waals surface area contributed by atoms with Crippen LogP contribution in [0, 0.1) is 5.92 Å². The molecule has 1 unspecified atom stereocenters. The van der Waals surface area contributed by atoms with Gasteiger partial charge >= 0.3 is 0 Å². The van der Waals surface area contributed by atoms with Gasteiger partial charge in [-0.05, 0) is 38.6 Å².